The van der Waals surface area contributed by atoms with Crippen LogP contribution in [0.15, 0.2) is 30.3 Å². The number of nitrogens with one attached hydrogen (secondary N) is 2. The number of aryl methyl sites for hydroxylation is 1. The zero-order valence-electron chi connectivity index (χ0n) is 15.6. The number of hydrogen-bond donors (Lipinski definition) is 2. The van der Waals surface area contributed by atoms with Gasteiger partial charge in [-0.05, 0) is 64.2 Å². The molecule has 0 saturated carbocycles. The van der Waals surface area contributed by atoms with Gasteiger partial charge in [0.05, 0.1) is 0 Å². The topological polar surface area (TPSA) is 70.2 Å². The fourth-order valence-electron chi connectivity index (χ4n) is 2.42. The van der Waals surface area contributed by atoms with E-state index in [0.717, 1.165) is 24.2 Å². The SMILES string of the molecule is Cc1cc(C(=O)NCCCN(C)C)nc(NCCc2ccc(F)cc2)n1. The van der Waals surface area contributed by atoms with Gasteiger partial charge in [-0.15, -0.1) is 0 Å². The van der Waals surface area contributed by atoms with E-state index in [0.29, 0.717) is 31.2 Å². The van der Waals surface area contributed by atoms with Gasteiger partial charge >= 0.3 is 0 Å². The first-order valence-corrected chi connectivity index (χ1v) is 8.71. The van der Waals surface area contributed by atoms with E-state index in [2.05, 4.69) is 25.5 Å². The fourth-order valence-corrected chi connectivity index (χ4v) is 2.42. The molecule has 0 radical (unpaired) electrons. The predicted octanol–water partition coefficient (Wildman–Crippen LogP) is 2.26. The van der Waals surface area contributed by atoms with Crippen LogP contribution in [0.3, 0.4) is 0 Å². The van der Waals surface area contributed by atoms with Gasteiger partial charge in [0.25, 0.3) is 5.91 Å². The maximum absolute atomic E-state index is 12.9. The summed E-state index contributed by atoms with van der Waals surface area (Å²) in [7, 11) is 4.00. The molecule has 1 aromatic carbocycles. The van der Waals surface area contributed by atoms with Gasteiger partial charge in [-0.1, -0.05) is 12.1 Å². The van der Waals surface area contributed by atoms with Crippen molar-refractivity contribution in [1.29, 1.82) is 0 Å². The first kappa shape index (κ1) is 19.8. The van der Waals surface area contributed by atoms with E-state index in [-0.39, 0.29) is 11.7 Å². The number of rotatable bonds is 9. The molecule has 0 spiro atoms. The number of benzene rings is 1. The molecule has 0 fully saturated rings. The number of hydrogen-bond acceptors (Lipinski definition) is 5. The van der Waals surface area contributed by atoms with Crippen LogP contribution in [0, 0.1) is 12.7 Å². The van der Waals surface area contributed by atoms with Gasteiger partial charge in [0, 0.05) is 18.8 Å². The third-order valence-corrected chi connectivity index (χ3v) is 3.76. The predicted molar refractivity (Wildman–Crippen MR) is 101 cm³/mol. The van der Waals surface area contributed by atoms with E-state index in [1.165, 1.54) is 12.1 Å². The minimum atomic E-state index is -0.245. The molecule has 0 unspecified atom stereocenters. The first-order chi connectivity index (χ1) is 12.4. The standard InChI is InChI=1S/C19H26FN5O/c1-14-13-17(18(26)21-10-4-12-25(2)3)24-19(23-14)22-11-9-15-5-7-16(20)8-6-15/h5-8,13H,4,9-12H2,1-3H3,(H,21,26)(H,22,23,24). The lowest BCUT2D eigenvalue weighted by molar-refractivity contribution is 0.0947. The largest absolute Gasteiger partial charge is 0.354 e. The zero-order valence-corrected chi connectivity index (χ0v) is 15.6. The number of carbonyl (C=O) groups is 1. The molecule has 1 amide bonds. The molecule has 7 heteroatoms. The van der Waals surface area contributed by atoms with E-state index >= 15 is 0 Å². The lowest BCUT2D eigenvalue weighted by Gasteiger charge is -2.11. The van der Waals surface area contributed by atoms with Crippen LogP contribution in [0.25, 0.3) is 0 Å². The van der Waals surface area contributed by atoms with Crippen molar-refractivity contribution in [1.82, 2.24) is 20.2 Å². The summed E-state index contributed by atoms with van der Waals surface area (Å²) >= 11 is 0. The third kappa shape index (κ3) is 6.76. The summed E-state index contributed by atoms with van der Waals surface area (Å²) < 4.78 is 12.9. The van der Waals surface area contributed by atoms with Crippen molar-refractivity contribution in [2.75, 3.05) is 39.0 Å². The van der Waals surface area contributed by atoms with Crippen molar-refractivity contribution in [2.24, 2.45) is 0 Å². The van der Waals surface area contributed by atoms with E-state index in [9.17, 15) is 9.18 Å². The number of anilines is 1. The Morgan fingerprint density at radius 3 is 2.58 bits per heavy atom. The smallest absolute Gasteiger partial charge is 0.270 e. The Morgan fingerprint density at radius 2 is 1.88 bits per heavy atom. The average molecular weight is 359 g/mol. The molecule has 0 saturated heterocycles. The van der Waals surface area contributed by atoms with Crippen molar-refractivity contribution < 1.29 is 9.18 Å². The van der Waals surface area contributed by atoms with Crippen LogP contribution in [0.2, 0.25) is 0 Å². The third-order valence-electron chi connectivity index (χ3n) is 3.76. The number of carbonyl (C=O) groups excluding carboxylic acids is 1. The second-order valence-electron chi connectivity index (χ2n) is 6.43. The van der Waals surface area contributed by atoms with Crippen molar-refractivity contribution in [3.8, 4) is 0 Å². The van der Waals surface area contributed by atoms with Crippen LogP contribution in [-0.4, -0.2) is 54.5 Å². The summed E-state index contributed by atoms with van der Waals surface area (Å²) in [5.74, 6) is -0.0219. The zero-order chi connectivity index (χ0) is 18.9. The van der Waals surface area contributed by atoms with Crippen LogP contribution in [0.4, 0.5) is 10.3 Å². The van der Waals surface area contributed by atoms with E-state index in [4.69, 9.17) is 0 Å². The van der Waals surface area contributed by atoms with E-state index in [1.54, 1.807) is 18.2 Å². The molecular weight excluding hydrogens is 333 g/mol. The summed E-state index contributed by atoms with van der Waals surface area (Å²) in [5.41, 5.74) is 2.10. The van der Waals surface area contributed by atoms with Gasteiger partial charge in [-0.25, -0.2) is 14.4 Å². The van der Waals surface area contributed by atoms with Gasteiger partial charge in [0.15, 0.2) is 0 Å². The molecule has 2 aromatic rings. The van der Waals surface area contributed by atoms with Gasteiger partial charge < -0.3 is 15.5 Å². The van der Waals surface area contributed by atoms with Crippen molar-refractivity contribution in [3.05, 3.63) is 53.1 Å². The highest BCUT2D eigenvalue weighted by Crippen LogP contribution is 2.07. The van der Waals surface area contributed by atoms with E-state index < -0.39 is 0 Å². The summed E-state index contributed by atoms with van der Waals surface area (Å²) in [6, 6.07) is 8.06. The molecule has 0 atom stereocenters. The number of nitrogens with zero attached hydrogens (tertiary/aromatic N) is 3. The molecule has 2 rings (SSSR count). The molecule has 1 aromatic heterocycles. The van der Waals surface area contributed by atoms with Crippen molar-refractivity contribution >= 4 is 11.9 Å². The van der Waals surface area contributed by atoms with Gasteiger partial charge in [0.1, 0.15) is 11.5 Å². The molecular formula is C19H26FN5O. The first-order valence-electron chi connectivity index (χ1n) is 8.71. The Hall–Kier alpha value is -2.54. The lowest BCUT2D eigenvalue weighted by Crippen LogP contribution is -2.28. The van der Waals surface area contributed by atoms with Crippen LogP contribution in [0.1, 0.15) is 28.2 Å². The van der Waals surface area contributed by atoms with E-state index in [1.807, 2.05) is 21.0 Å². The Kier molecular flexibility index (Phi) is 7.47. The van der Waals surface area contributed by atoms with Gasteiger partial charge in [-0.2, -0.15) is 0 Å². The molecule has 26 heavy (non-hydrogen) atoms. The molecule has 6 nitrogen and oxygen atoms in total. The summed E-state index contributed by atoms with van der Waals surface area (Å²) in [6.45, 7) is 3.95. The van der Waals surface area contributed by atoms with Crippen molar-refractivity contribution in [3.63, 3.8) is 0 Å². The fraction of sp³-hybridized carbons (Fsp3) is 0.421. The Bertz CT molecular complexity index is 718. The molecule has 2 N–H and O–H groups in total. The second-order valence-corrected chi connectivity index (χ2v) is 6.43. The quantitative estimate of drug-likeness (QED) is 0.672. The molecule has 0 bridgehead atoms. The maximum atomic E-state index is 12.9. The van der Waals surface area contributed by atoms with Crippen LogP contribution < -0.4 is 10.6 Å². The van der Waals surface area contributed by atoms with Gasteiger partial charge in [0.2, 0.25) is 5.95 Å². The monoisotopic (exact) mass is 359 g/mol. The number of aromatic nitrogens is 2. The number of amides is 1. The normalized spacial score (nSPS) is 10.8. The molecule has 0 aliphatic heterocycles. The number of halogens is 1. The molecule has 1 heterocycles. The van der Waals surface area contributed by atoms with Crippen LogP contribution >= 0.6 is 0 Å². The lowest BCUT2D eigenvalue weighted by atomic mass is 10.1. The van der Waals surface area contributed by atoms with Crippen molar-refractivity contribution in [2.45, 2.75) is 19.8 Å². The summed E-state index contributed by atoms with van der Waals surface area (Å²) in [4.78, 5) is 22.9. The Morgan fingerprint density at radius 1 is 1.15 bits per heavy atom. The second kappa shape index (κ2) is 9.82. The maximum Gasteiger partial charge on any atom is 0.270 e. The Labute approximate surface area is 153 Å². The highest BCUT2D eigenvalue weighted by molar-refractivity contribution is 5.92. The van der Waals surface area contributed by atoms with Gasteiger partial charge in [-0.3, -0.25) is 4.79 Å². The molecule has 0 aliphatic rings. The minimum absolute atomic E-state index is 0.198. The van der Waals surface area contributed by atoms with Crippen LogP contribution in [0.5, 0.6) is 0 Å². The Balaban J connectivity index is 1.87. The summed E-state index contributed by atoms with van der Waals surface area (Å²) in [6.07, 6.45) is 1.59. The molecule has 140 valence electrons. The minimum Gasteiger partial charge on any atom is -0.354 e. The summed E-state index contributed by atoms with van der Waals surface area (Å²) in [5, 5.41) is 6.00. The van der Waals surface area contributed by atoms with Crippen LogP contribution in [-0.2, 0) is 6.42 Å². The highest BCUT2D eigenvalue weighted by atomic mass is 19.1. The average Bonchev–Trinajstić information content (AvgIpc) is 2.59. The highest BCUT2D eigenvalue weighted by Gasteiger charge is 2.10. The molecule has 0 aliphatic carbocycles.